The van der Waals surface area contributed by atoms with Crippen molar-refractivity contribution in [3.8, 4) is 0 Å². The minimum atomic E-state index is -3.84. The Hall–Kier alpha value is -3.36. The van der Waals surface area contributed by atoms with E-state index in [4.69, 9.17) is 9.47 Å². The first kappa shape index (κ1) is 33.0. The number of halogens is 2. The summed E-state index contributed by atoms with van der Waals surface area (Å²) >= 11 is 0. The molecule has 5 rings (SSSR count). The van der Waals surface area contributed by atoms with Crippen LogP contribution in [0.5, 0.6) is 0 Å². The standard InChI is InChI=1S/C31H41F2N5O6S/c1-21-17-23(31(32,33)22-9-15-43-16-10-22)18-27(34-21)36-11-13-37(14-12-36)45(41,42)26-7-5-25(6-8-26)38-20-24(19-28(38)39)35-29(40)44-30(2,3)4/h5-8,17-18,22,24H,9-16,19-20H2,1-4H3,(H,35,40). The van der Waals surface area contributed by atoms with Gasteiger partial charge in [-0.2, -0.15) is 4.31 Å². The van der Waals surface area contributed by atoms with E-state index in [0.29, 0.717) is 56.3 Å². The number of anilines is 2. The normalized spacial score (nSPS) is 20.8. The number of pyridine rings is 1. The molecule has 0 spiro atoms. The summed E-state index contributed by atoms with van der Waals surface area (Å²) in [6.45, 7) is 8.74. The fourth-order valence-corrected chi connectivity index (χ4v) is 7.36. The van der Waals surface area contributed by atoms with E-state index in [1.54, 1.807) is 39.8 Å². The highest BCUT2D eigenvalue weighted by Crippen LogP contribution is 2.42. The molecule has 3 fully saturated rings. The number of nitrogens with one attached hydrogen (secondary N) is 1. The van der Waals surface area contributed by atoms with E-state index >= 15 is 8.78 Å². The van der Waals surface area contributed by atoms with Crippen LogP contribution in [-0.4, -0.2) is 87.3 Å². The van der Waals surface area contributed by atoms with Gasteiger partial charge in [0.15, 0.2) is 0 Å². The molecule has 0 bridgehead atoms. The second-order valence-electron chi connectivity index (χ2n) is 12.8. The van der Waals surface area contributed by atoms with E-state index < -0.39 is 39.6 Å². The lowest BCUT2D eigenvalue weighted by molar-refractivity contribution is -0.117. The maximum atomic E-state index is 15.4. The molecule has 4 heterocycles. The van der Waals surface area contributed by atoms with E-state index in [9.17, 15) is 18.0 Å². The third-order valence-electron chi connectivity index (χ3n) is 8.25. The van der Waals surface area contributed by atoms with Gasteiger partial charge in [-0.25, -0.2) is 27.0 Å². The number of piperazine rings is 1. The van der Waals surface area contributed by atoms with Gasteiger partial charge in [-0.1, -0.05) is 0 Å². The van der Waals surface area contributed by atoms with Gasteiger partial charge in [-0.05, 0) is 76.9 Å². The highest BCUT2D eigenvalue weighted by molar-refractivity contribution is 7.89. The molecule has 14 heteroatoms. The Bertz CT molecular complexity index is 1500. The van der Waals surface area contributed by atoms with E-state index in [1.807, 2.05) is 4.90 Å². The van der Waals surface area contributed by atoms with Crippen molar-refractivity contribution in [1.29, 1.82) is 0 Å². The van der Waals surface area contributed by atoms with Crippen LogP contribution < -0.4 is 15.1 Å². The summed E-state index contributed by atoms with van der Waals surface area (Å²) in [5.74, 6) is -3.60. The van der Waals surface area contributed by atoms with Crippen LogP contribution in [0.3, 0.4) is 0 Å². The van der Waals surface area contributed by atoms with Crippen LogP contribution in [0.25, 0.3) is 0 Å². The molecule has 0 radical (unpaired) electrons. The summed E-state index contributed by atoms with van der Waals surface area (Å²) in [6, 6.07) is 8.51. The van der Waals surface area contributed by atoms with Crippen LogP contribution in [-0.2, 0) is 30.2 Å². The third-order valence-corrected chi connectivity index (χ3v) is 10.2. The van der Waals surface area contributed by atoms with Crippen LogP contribution >= 0.6 is 0 Å². The van der Waals surface area contributed by atoms with E-state index in [0.717, 1.165) is 0 Å². The second kappa shape index (κ2) is 12.8. The number of carbonyl (C=O) groups excluding carboxylic acids is 2. The average Bonchev–Trinajstić information content (AvgIpc) is 3.35. The molecule has 2 aromatic rings. The Balaban J connectivity index is 1.20. The van der Waals surface area contributed by atoms with E-state index in [2.05, 4.69) is 10.3 Å². The Morgan fingerprint density at radius 3 is 2.31 bits per heavy atom. The average molecular weight is 650 g/mol. The molecule has 11 nitrogen and oxygen atoms in total. The number of ether oxygens (including phenoxy) is 2. The van der Waals surface area contributed by atoms with Gasteiger partial charge in [0.25, 0.3) is 5.92 Å². The molecule has 0 aliphatic carbocycles. The predicted molar refractivity (Wildman–Crippen MR) is 164 cm³/mol. The fourth-order valence-electron chi connectivity index (χ4n) is 5.93. The van der Waals surface area contributed by atoms with Crippen LogP contribution in [0.4, 0.5) is 25.1 Å². The number of carbonyl (C=O) groups is 2. The van der Waals surface area contributed by atoms with Gasteiger partial charge in [-0.15, -0.1) is 0 Å². The van der Waals surface area contributed by atoms with Crippen LogP contribution in [0, 0.1) is 12.8 Å². The molecule has 0 saturated carbocycles. The van der Waals surface area contributed by atoms with Crippen molar-refractivity contribution in [2.45, 2.75) is 69.4 Å². The van der Waals surface area contributed by atoms with Gasteiger partial charge in [0.2, 0.25) is 15.9 Å². The maximum absolute atomic E-state index is 15.4. The number of nitrogens with zero attached hydrogens (tertiary/aromatic N) is 4. The molecule has 3 aliphatic heterocycles. The van der Waals surface area contributed by atoms with Crippen molar-refractivity contribution in [3.05, 3.63) is 47.7 Å². The van der Waals surface area contributed by atoms with Gasteiger partial charge in [0, 0.05) is 75.2 Å². The number of alkyl halides is 2. The Labute approximate surface area is 262 Å². The van der Waals surface area contributed by atoms with Gasteiger partial charge in [0.05, 0.1) is 10.9 Å². The first-order valence-corrected chi connectivity index (χ1v) is 16.7. The Morgan fingerprint density at radius 1 is 1.04 bits per heavy atom. The third kappa shape index (κ3) is 7.55. The van der Waals surface area contributed by atoms with Crippen LogP contribution in [0.2, 0.25) is 0 Å². The van der Waals surface area contributed by atoms with Crippen molar-refractivity contribution in [1.82, 2.24) is 14.6 Å². The summed E-state index contributed by atoms with van der Waals surface area (Å²) < 4.78 is 69.7. The summed E-state index contributed by atoms with van der Waals surface area (Å²) in [4.78, 5) is 32.7. The lowest BCUT2D eigenvalue weighted by Gasteiger charge is -2.35. The molecular weight excluding hydrogens is 608 g/mol. The monoisotopic (exact) mass is 649 g/mol. The van der Waals surface area contributed by atoms with Gasteiger partial charge < -0.3 is 24.6 Å². The fraction of sp³-hybridized carbons (Fsp3) is 0.581. The van der Waals surface area contributed by atoms with Crippen LogP contribution in [0.1, 0.15) is 51.3 Å². The number of hydrogen-bond donors (Lipinski definition) is 1. The minimum Gasteiger partial charge on any atom is -0.444 e. The highest BCUT2D eigenvalue weighted by atomic mass is 32.2. The smallest absolute Gasteiger partial charge is 0.407 e. The lowest BCUT2D eigenvalue weighted by Crippen LogP contribution is -2.49. The van der Waals surface area contributed by atoms with Gasteiger partial charge in [0.1, 0.15) is 11.4 Å². The molecule has 3 saturated heterocycles. The molecule has 1 atom stereocenters. The molecule has 3 aliphatic rings. The van der Waals surface area contributed by atoms with Crippen molar-refractivity contribution < 1.29 is 36.3 Å². The zero-order chi connectivity index (χ0) is 32.6. The molecular formula is C31H41F2N5O6S. The molecule has 1 aromatic heterocycles. The number of hydrogen-bond acceptors (Lipinski definition) is 8. The topological polar surface area (TPSA) is 121 Å². The molecule has 246 valence electrons. The number of sulfonamides is 1. The molecule has 2 amide bonds. The zero-order valence-electron chi connectivity index (χ0n) is 26.1. The summed E-state index contributed by atoms with van der Waals surface area (Å²) in [6.07, 6.45) is 0.0896. The van der Waals surface area contributed by atoms with Crippen LogP contribution in [0.15, 0.2) is 41.3 Å². The molecule has 1 N–H and O–H groups in total. The minimum absolute atomic E-state index is 0.0736. The summed E-state index contributed by atoms with van der Waals surface area (Å²) in [5, 5.41) is 2.71. The van der Waals surface area contributed by atoms with Crippen molar-refractivity contribution in [2.24, 2.45) is 5.92 Å². The Morgan fingerprint density at radius 2 is 1.69 bits per heavy atom. The number of aryl methyl sites for hydroxylation is 1. The maximum Gasteiger partial charge on any atom is 0.407 e. The summed E-state index contributed by atoms with van der Waals surface area (Å²) in [7, 11) is -3.84. The lowest BCUT2D eigenvalue weighted by atomic mass is 9.88. The quantitative estimate of drug-likeness (QED) is 0.477. The van der Waals surface area contributed by atoms with E-state index in [-0.39, 0.29) is 42.4 Å². The SMILES string of the molecule is Cc1cc(C(F)(F)C2CCOCC2)cc(N2CCN(S(=O)(=O)c3ccc(N4CC(NC(=O)OC(C)(C)C)CC4=O)cc3)CC2)n1. The first-order chi connectivity index (χ1) is 21.1. The first-order valence-electron chi connectivity index (χ1n) is 15.2. The van der Waals surface area contributed by atoms with Crippen molar-refractivity contribution in [3.63, 3.8) is 0 Å². The van der Waals surface area contributed by atoms with Crippen molar-refractivity contribution >= 4 is 33.5 Å². The number of amides is 2. The number of benzene rings is 1. The van der Waals surface area contributed by atoms with E-state index in [1.165, 1.54) is 33.5 Å². The van der Waals surface area contributed by atoms with Crippen molar-refractivity contribution in [2.75, 3.05) is 55.7 Å². The Kier molecular flexibility index (Phi) is 9.39. The number of aromatic nitrogens is 1. The zero-order valence-corrected chi connectivity index (χ0v) is 26.9. The highest BCUT2D eigenvalue weighted by Gasteiger charge is 2.43. The largest absolute Gasteiger partial charge is 0.444 e. The number of rotatable bonds is 7. The molecule has 45 heavy (non-hydrogen) atoms. The molecule has 1 aromatic carbocycles. The number of alkyl carbamates (subject to hydrolysis) is 1. The molecule has 1 unspecified atom stereocenters. The van der Waals surface area contributed by atoms with Gasteiger partial charge in [-0.3, -0.25) is 4.79 Å². The summed E-state index contributed by atoms with van der Waals surface area (Å²) in [5.41, 5.74) is 0.267. The van der Waals surface area contributed by atoms with Gasteiger partial charge >= 0.3 is 6.09 Å². The predicted octanol–water partition coefficient (Wildman–Crippen LogP) is 4.05. The second-order valence-corrected chi connectivity index (χ2v) is 14.7.